The van der Waals surface area contributed by atoms with Gasteiger partial charge in [-0.25, -0.2) is 0 Å². The normalized spacial score (nSPS) is 27.4. The molecule has 0 unspecified atom stereocenters. The van der Waals surface area contributed by atoms with Gasteiger partial charge < -0.3 is 20.7 Å². The summed E-state index contributed by atoms with van der Waals surface area (Å²) in [5, 5.41) is 24.0. The topological polar surface area (TPSA) is 114 Å². The summed E-state index contributed by atoms with van der Waals surface area (Å²) in [4.78, 5) is 13.0. The Morgan fingerprint density at radius 3 is 2.91 bits per heavy atom. The van der Waals surface area contributed by atoms with E-state index in [-0.39, 0.29) is 19.2 Å². The molecule has 32 heavy (non-hydrogen) atoms. The molecule has 176 valence electrons. The first kappa shape index (κ1) is 23.2. The molecule has 1 spiro atoms. The molecule has 4 N–H and O–H groups in total. The van der Waals surface area contributed by atoms with Gasteiger partial charge in [0.05, 0.1) is 19.3 Å². The van der Waals surface area contributed by atoms with E-state index in [1.165, 1.54) is 4.68 Å². The second-order valence-corrected chi connectivity index (χ2v) is 9.53. The third-order valence-electron chi connectivity index (χ3n) is 6.14. The van der Waals surface area contributed by atoms with Crippen LogP contribution in [0.4, 0.5) is 13.2 Å². The number of aromatic nitrogens is 2. The number of thiophene rings is 1. The van der Waals surface area contributed by atoms with Crippen LogP contribution in [-0.4, -0.2) is 56.1 Å². The van der Waals surface area contributed by atoms with Crippen LogP contribution in [0, 0.1) is 0 Å². The van der Waals surface area contributed by atoms with Crippen LogP contribution in [-0.2, 0) is 34.4 Å². The quantitative estimate of drug-likeness (QED) is 0.609. The maximum Gasteiger partial charge on any atom is 0.425 e. The minimum atomic E-state index is -4.46. The monoisotopic (exact) mass is 474 g/mol. The fourth-order valence-electron chi connectivity index (χ4n) is 4.46. The van der Waals surface area contributed by atoms with Crippen molar-refractivity contribution in [1.82, 2.24) is 14.7 Å². The van der Waals surface area contributed by atoms with Gasteiger partial charge in [-0.3, -0.25) is 14.4 Å². The van der Waals surface area contributed by atoms with Gasteiger partial charge in [-0.1, -0.05) is 0 Å². The van der Waals surface area contributed by atoms with Crippen LogP contribution < -0.4 is 5.73 Å². The van der Waals surface area contributed by atoms with Gasteiger partial charge in [-0.15, -0.1) is 11.3 Å². The summed E-state index contributed by atoms with van der Waals surface area (Å²) in [7, 11) is 0. The zero-order valence-electron chi connectivity index (χ0n) is 17.4. The Morgan fingerprint density at radius 1 is 1.50 bits per heavy atom. The largest absolute Gasteiger partial charge is 0.425 e. The third kappa shape index (κ3) is 4.42. The lowest BCUT2D eigenvalue weighted by molar-refractivity contribution is -0.139. The molecule has 0 saturated carbocycles. The molecule has 8 nitrogen and oxygen atoms in total. The van der Waals surface area contributed by atoms with Crippen molar-refractivity contribution in [3.8, 4) is 0 Å². The third-order valence-corrected chi connectivity index (χ3v) is 7.52. The molecule has 12 heteroatoms. The average molecular weight is 475 g/mol. The van der Waals surface area contributed by atoms with Gasteiger partial charge in [0.15, 0.2) is 6.10 Å². The molecule has 4 heterocycles. The highest BCUT2D eigenvalue weighted by molar-refractivity contribution is 7.12. The summed E-state index contributed by atoms with van der Waals surface area (Å²) in [6, 6.07) is 1.06. The smallest absolute Gasteiger partial charge is 0.386 e. The minimum absolute atomic E-state index is 0.00263. The Bertz CT molecular complexity index is 994. The number of carbonyl (C=O) groups excluding carboxylic acids is 1. The van der Waals surface area contributed by atoms with Crippen molar-refractivity contribution in [1.29, 1.82) is 0 Å². The Labute approximate surface area is 186 Å². The summed E-state index contributed by atoms with van der Waals surface area (Å²) in [6.45, 7) is 3.08. The lowest BCUT2D eigenvalue weighted by atomic mass is 9.81. The van der Waals surface area contributed by atoms with Crippen LogP contribution in [0.3, 0.4) is 0 Å². The highest BCUT2D eigenvalue weighted by Crippen LogP contribution is 2.51. The predicted octanol–water partition coefficient (Wildman–Crippen LogP) is 1.75. The molecule has 2 aliphatic heterocycles. The van der Waals surface area contributed by atoms with E-state index in [0.29, 0.717) is 47.7 Å². The first-order valence-corrected chi connectivity index (χ1v) is 11.1. The fourth-order valence-corrected chi connectivity index (χ4v) is 5.72. The molecular weight excluding hydrogens is 449 g/mol. The molecule has 1 amide bonds. The Kier molecular flexibility index (Phi) is 6.09. The number of nitrogens with zero attached hydrogens (tertiary/aromatic N) is 3. The number of halogens is 3. The molecule has 2 aliphatic rings. The van der Waals surface area contributed by atoms with Gasteiger partial charge in [0.1, 0.15) is 16.6 Å². The number of hydrogen-bond acceptors (Lipinski definition) is 7. The molecule has 4 atom stereocenters. The zero-order chi connectivity index (χ0) is 23.3. The SMILES string of the molecule is C[C@H]1C[C@@]2(CCN1Cc1cnn(C[C@H](O)C(N)=O)c1)OC[C@@H](O)c1cc(C(F)(F)F)sc12. The van der Waals surface area contributed by atoms with Crippen molar-refractivity contribution < 1.29 is 32.9 Å². The van der Waals surface area contributed by atoms with Gasteiger partial charge in [0.25, 0.3) is 0 Å². The number of primary amides is 1. The number of carbonyl (C=O) groups is 1. The molecule has 2 aromatic rings. The van der Waals surface area contributed by atoms with E-state index in [0.717, 1.165) is 11.6 Å². The zero-order valence-corrected chi connectivity index (χ0v) is 18.2. The van der Waals surface area contributed by atoms with Crippen molar-refractivity contribution in [3.05, 3.63) is 39.3 Å². The number of ether oxygens (including phenoxy) is 1. The number of alkyl halides is 3. The van der Waals surface area contributed by atoms with Crippen molar-refractivity contribution in [2.75, 3.05) is 13.2 Å². The van der Waals surface area contributed by atoms with E-state index in [2.05, 4.69) is 10.00 Å². The number of aliphatic hydroxyl groups excluding tert-OH is 2. The number of amides is 1. The first-order valence-electron chi connectivity index (χ1n) is 10.2. The lowest BCUT2D eigenvalue weighted by Crippen LogP contribution is -2.50. The molecule has 0 radical (unpaired) electrons. The Morgan fingerprint density at radius 2 is 2.25 bits per heavy atom. The van der Waals surface area contributed by atoms with E-state index in [9.17, 15) is 28.2 Å². The maximum absolute atomic E-state index is 13.3. The van der Waals surface area contributed by atoms with Gasteiger partial charge in [-0.05, 0) is 25.8 Å². The van der Waals surface area contributed by atoms with E-state index in [4.69, 9.17) is 10.5 Å². The average Bonchev–Trinajstić information content (AvgIpc) is 3.35. The first-order chi connectivity index (χ1) is 15.0. The van der Waals surface area contributed by atoms with Crippen molar-refractivity contribution >= 4 is 17.2 Å². The highest BCUT2D eigenvalue weighted by atomic mass is 32.1. The number of aliphatic hydroxyl groups is 2. The number of likely N-dealkylation sites (tertiary alicyclic amines) is 1. The summed E-state index contributed by atoms with van der Waals surface area (Å²) < 4.78 is 47.3. The summed E-state index contributed by atoms with van der Waals surface area (Å²) in [6.07, 6.45) is -2.47. The van der Waals surface area contributed by atoms with Gasteiger partial charge in [0.2, 0.25) is 5.91 Å². The molecule has 0 aromatic carbocycles. The number of fused-ring (bicyclic) bond motifs is 2. The fraction of sp³-hybridized carbons (Fsp3) is 0.600. The van der Waals surface area contributed by atoms with E-state index in [1.54, 1.807) is 12.4 Å². The van der Waals surface area contributed by atoms with Crippen LogP contribution in [0.5, 0.6) is 0 Å². The number of nitrogens with two attached hydrogens (primary N) is 1. The summed E-state index contributed by atoms with van der Waals surface area (Å²) >= 11 is 0.667. The maximum atomic E-state index is 13.3. The molecule has 1 saturated heterocycles. The van der Waals surface area contributed by atoms with E-state index in [1.807, 2.05) is 6.92 Å². The number of hydrogen-bond donors (Lipinski definition) is 3. The Balaban J connectivity index is 1.47. The molecule has 0 aliphatic carbocycles. The lowest BCUT2D eigenvalue weighted by Gasteiger charge is -2.47. The van der Waals surface area contributed by atoms with Crippen molar-refractivity contribution in [3.63, 3.8) is 0 Å². The standard InChI is InChI=1S/C20H25F3N4O4S/c1-11-5-19(17-13(15(29)10-31-19)4-16(32-17)20(21,22)23)2-3-26(11)7-12-6-25-27(8-12)9-14(28)18(24)30/h4,6,8,11,14-15,28-29H,2-3,5,7,9-10H2,1H3,(H2,24,30)/t11-,14-,15+,19+/m0/s1. The summed E-state index contributed by atoms with van der Waals surface area (Å²) in [5.74, 6) is -0.823. The molecule has 0 bridgehead atoms. The van der Waals surface area contributed by atoms with Gasteiger partial charge >= 0.3 is 6.18 Å². The summed E-state index contributed by atoms with van der Waals surface area (Å²) in [5.41, 5.74) is 5.43. The number of piperidine rings is 1. The van der Waals surface area contributed by atoms with E-state index < -0.39 is 34.8 Å². The van der Waals surface area contributed by atoms with Crippen LogP contribution in [0.15, 0.2) is 18.5 Å². The van der Waals surface area contributed by atoms with Crippen LogP contribution in [0.2, 0.25) is 0 Å². The van der Waals surface area contributed by atoms with Crippen molar-refractivity contribution in [2.24, 2.45) is 5.73 Å². The van der Waals surface area contributed by atoms with E-state index >= 15 is 0 Å². The molecular formula is C20H25F3N4O4S. The molecule has 1 fully saturated rings. The second kappa shape index (κ2) is 8.41. The van der Waals surface area contributed by atoms with Gasteiger partial charge in [0, 0.05) is 41.3 Å². The molecule has 4 rings (SSSR count). The van der Waals surface area contributed by atoms with Crippen LogP contribution in [0.25, 0.3) is 0 Å². The highest BCUT2D eigenvalue weighted by Gasteiger charge is 2.48. The van der Waals surface area contributed by atoms with Gasteiger partial charge in [-0.2, -0.15) is 18.3 Å². The van der Waals surface area contributed by atoms with Crippen LogP contribution >= 0.6 is 11.3 Å². The predicted molar refractivity (Wildman–Crippen MR) is 108 cm³/mol. The Hall–Kier alpha value is -1.99. The molecule has 2 aromatic heterocycles. The van der Waals surface area contributed by atoms with Crippen LogP contribution in [0.1, 0.15) is 46.8 Å². The second-order valence-electron chi connectivity index (χ2n) is 8.48. The number of rotatable bonds is 5. The van der Waals surface area contributed by atoms with Crippen molar-refractivity contribution in [2.45, 2.75) is 62.9 Å². The minimum Gasteiger partial charge on any atom is -0.386 e.